The number of rotatable bonds is 6. The van der Waals surface area contributed by atoms with Crippen LogP contribution in [-0.2, 0) is 0 Å². The molecule has 1 fully saturated rings. The molecular formula is C26H24ClFN2O2. The van der Waals surface area contributed by atoms with Gasteiger partial charge in [0.25, 0.3) is 0 Å². The van der Waals surface area contributed by atoms with E-state index in [4.69, 9.17) is 16.3 Å². The summed E-state index contributed by atoms with van der Waals surface area (Å²) in [4.78, 5) is 6.44. The molecule has 0 bridgehead atoms. The predicted octanol–water partition coefficient (Wildman–Crippen LogP) is 4.78. The van der Waals surface area contributed by atoms with Crippen molar-refractivity contribution in [2.24, 2.45) is 0 Å². The van der Waals surface area contributed by atoms with Gasteiger partial charge in [0.2, 0.25) is 0 Å². The van der Waals surface area contributed by atoms with Gasteiger partial charge in [-0.15, -0.1) is 0 Å². The standard InChI is InChI=1S/C26H24ClFN2O2/c27-22-8-6-20(7-9-22)21-16-25(28)26(29-17-21)12-5-19-3-10-24(11-4-19)32-15-14-30-13-1-2-23(30)18-31/h3-4,6-11,16-17,23,31H,1-2,13-15,18H2/t23-/m0/s1. The molecule has 4 rings (SSSR count). The highest BCUT2D eigenvalue weighted by atomic mass is 35.5. The largest absolute Gasteiger partial charge is 0.492 e. The first-order valence-corrected chi connectivity index (χ1v) is 11.0. The minimum Gasteiger partial charge on any atom is -0.492 e. The van der Waals surface area contributed by atoms with Crippen LogP contribution in [0.4, 0.5) is 4.39 Å². The summed E-state index contributed by atoms with van der Waals surface area (Å²) >= 11 is 5.90. The van der Waals surface area contributed by atoms with Gasteiger partial charge in [-0.3, -0.25) is 4.90 Å². The van der Waals surface area contributed by atoms with E-state index in [0.29, 0.717) is 17.2 Å². The number of aliphatic hydroxyl groups excluding tert-OH is 1. The van der Waals surface area contributed by atoms with Crippen LogP contribution in [0.1, 0.15) is 24.1 Å². The summed E-state index contributed by atoms with van der Waals surface area (Å²) in [6.07, 6.45) is 3.77. The molecular weight excluding hydrogens is 427 g/mol. The normalized spacial score (nSPS) is 15.9. The molecule has 0 amide bonds. The quantitative estimate of drug-likeness (QED) is 0.549. The molecule has 6 heteroatoms. The van der Waals surface area contributed by atoms with Crippen LogP contribution in [0.5, 0.6) is 5.75 Å². The number of benzene rings is 2. The number of likely N-dealkylation sites (tertiary alicyclic amines) is 1. The molecule has 2 aromatic carbocycles. The molecule has 164 valence electrons. The van der Waals surface area contributed by atoms with Crippen LogP contribution in [0.25, 0.3) is 11.1 Å². The van der Waals surface area contributed by atoms with Gasteiger partial charge in [0.05, 0.1) is 6.61 Å². The number of pyridine rings is 1. The number of hydrogen-bond donors (Lipinski definition) is 1. The van der Waals surface area contributed by atoms with E-state index in [-0.39, 0.29) is 18.3 Å². The van der Waals surface area contributed by atoms with E-state index < -0.39 is 5.82 Å². The monoisotopic (exact) mass is 450 g/mol. The third kappa shape index (κ3) is 5.66. The molecule has 3 aromatic rings. The maximum atomic E-state index is 14.5. The lowest BCUT2D eigenvalue weighted by Crippen LogP contribution is -2.35. The molecule has 1 aliphatic heterocycles. The van der Waals surface area contributed by atoms with Crippen LogP contribution in [0.3, 0.4) is 0 Å². The lowest BCUT2D eigenvalue weighted by molar-refractivity contribution is 0.139. The van der Waals surface area contributed by atoms with Gasteiger partial charge in [-0.2, -0.15) is 0 Å². The Hall–Kier alpha value is -2.91. The Balaban J connectivity index is 1.35. The topological polar surface area (TPSA) is 45.6 Å². The Morgan fingerprint density at radius 1 is 1.09 bits per heavy atom. The van der Waals surface area contributed by atoms with Crippen molar-refractivity contribution >= 4 is 11.6 Å². The molecule has 0 aliphatic carbocycles. The number of nitrogens with zero attached hydrogens (tertiary/aromatic N) is 2. The summed E-state index contributed by atoms with van der Waals surface area (Å²) in [6.45, 7) is 2.57. The van der Waals surface area contributed by atoms with Gasteiger partial charge < -0.3 is 9.84 Å². The fraction of sp³-hybridized carbons (Fsp3) is 0.269. The second-order valence-corrected chi connectivity index (χ2v) is 8.14. The smallest absolute Gasteiger partial charge is 0.158 e. The summed E-state index contributed by atoms with van der Waals surface area (Å²) in [5.41, 5.74) is 2.37. The van der Waals surface area contributed by atoms with E-state index in [2.05, 4.69) is 21.7 Å². The van der Waals surface area contributed by atoms with E-state index >= 15 is 0 Å². The first-order chi connectivity index (χ1) is 15.6. The molecule has 0 radical (unpaired) electrons. The van der Waals surface area contributed by atoms with Crippen LogP contribution in [-0.4, -0.2) is 47.3 Å². The Kier molecular flexibility index (Phi) is 7.39. The Bertz CT molecular complexity index is 1110. The highest BCUT2D eigenvalue weighted by Crippen LogP contribution is 2.22. The Labute approximate surface area is 192 Å². The Morgan fingerprint density at radius 2 is 1.88 bits per heavy atom. The minimum atomic E-state index is -0.465. The van der Waals surface area contributed by atoms with Crippen molar-refractivity contribution in [2.75, 3.05) is 26.3 Å². The Morgan fingerprint density at radius 3 is 2.59 bits per heavy atom. The number of ether oxygens (including phenoxy) is 1. The highest BCUT2D eigenvalue weighted by molar-refractivity contribution is 6.30. The lowest BCUT2D eigenvalue weighted by atomic mass is 10.1. The van der Waals surface area contributed by atoms with Gasteiger partial charge in [0, 0.05) is 34.9 Å². The van der Waals surface area contributed by atoms with Crippen molar-refractivity contribution in [3.05, 3.63) is 82.9 Å². The lowest BCUT2D eigenvalue weighted by Gasteiger charge is -2.22. The fourth-order valence-electron chi connectivity index (χ4n) is 3.77. The van der Waals surface area contributed by atoms with E-state index in [1.165, 1.54) is 6.07 Å². The van der Waals surface area contributed by atoms with Crippen LogP contribution in [0.15, 0.2) is 60.8 Å². The molecule has 2 heterocycles. The molecule has 0 unspecified atom stereocenters. The maximum Gasteiger partial charge on any atom is 0.158 e. The van der Waals surface area contributed by atoms with E-state index in [1.54, 1.807) is 18.3 Å². The summed E-state index contributed by atoms with van der Waals surface area (Å²) in [6, 6.07) is 16.2. The van der Waals surface area contributed by atoms with Crippen LogP contribution in [0, 0.1) is 17.7 Å². The van der Waals surface area contributed by atoms with Crippen molar-refractivity contribution < 1.29 is 14.2 Å². The second kappa shape index (κ2) is 10.6. The fourth-order valence-corrected chi connectivity index (χ4v) is 3.90. The van der Waals surface area contributed by atoms with Crippen LogP contribution >= 0.6 is 11.6 Å². The molecule has 0 saturated carbocycles. The summed E-state index contributed by atoms with van der Waals surface area (Å²) in [5.74, 6) is 6.04. The first-order valence-electron chi connectivity index (χ1n) is 10.6. The van der Waals surface area contributed by atoms with Crippen molar-refractivity contribution in [1.82, 2.24) is 9.88 Å². The van der Waals surface area contributed by atoms with Crippen LogP contribution < -0.4 is 4.74 Å². The summed E-state index contributed by atoms with van der Waals surface area (Å²) < 4.78 is 20.3. The van der Waals surface area contributed by atoms with E-state index in [9.17, 15) is 9.50 Å². The number of hydrogen-bond acceptors (Lipinski definition) is 4. The van der Waals surface area contributed by atoms with Crippen molar-refractivity contribution in [3.8, 4) is 28.7 Å². The molecule has 1 N–H and O–H groups in total. The second-order valence-electron chi connectivity index (χ2n) is 7.70. The molecule has 4 nitrogen and oxygen atoms in total. The molecule has 1 aliphatic rings. The van der Waals surface area contributed by atoms with Crippen molar-refractivity contribution in [2.45, 2.75) is 18.9 Å². The van der Waals surface area contributed by atoms with E-state index in [0.717, 1.165) is 42.8 Å². The van der Waals surface area contributed by atoms with Gasteiger partial charge in [-0.1, -0.05) is 29.7 Å². The SMILES string of the molecule is OC[C@@H]1CCCN1CCOc1ccc(C#Cc2ncc(-c3ccc(Cl)cc3)cc2F)cc1. The van der Waals surface area contributed by atoms with Gasteiger partial charge in [-0.25, -0.2) is 9.37 Å². The number of aromatic nitrogens is 1. The molecule has 1 saturated heterocycles. The van der Waals surface area contributed by atoms with Gasteiger partial charge in [-0.05, 0) is 73.3 Å². The predicted molar refractivity (Wildman–Crippen MR) is 124 cm³/mol. The highest BCUT2D eigenvalue weighted by Gasteiger charge is 2.23. The van der Waals surface area contributed by atoms with Crippen LogP contribution in [0.2, 0.25) is 5.02 Å². The summed E-state index contributed by atoms with van der Waals surface area (Å²) in [5, 5.41) is 10.0. The first kappa shape index (κ1) is 22.3. The average Bonchev–Trinajstić information content (AvgIpc) is 3.27. The zero-order chi connectivity index (χ0) is 22.3. The van der Waals surface area contributed by atoms with E-state index in [1.807, 2.05) is 36.4 Å². The maximum absolute atomic E-state index is 14.5. The van der Waals surface area contributed by atoms with Gasteiger partial charge >= 0.3 is 0 Å². The number of halogens is 2. The molecule has 1 aromatic heterocycles. The number of aliphatic hydroxyl groups is 1. The average molecular weight is 451 g/mol. The van der Waals surface area contributed by atoms with Crippen molar-refractivity contribution in [3.63, 3.8) is 0 Å². The minimum absolute atomic E-state index is 0.104. The molecule has 32 heavy (non-hydrogen) atoms. The third-order valence-electron chi connectivity index (χ3n) is 5.56. The zero-order valence-corrected chi connectivity index (χ0v) is 18.4. The molecule has 1 atom stereocenters. The van der Waals surface area contributed by atoms with Gasteiger partial charge in [0.1, 0.15) is 18.1 Å². The van der Waals surface area contributed by atoms with Crippen molar-refractivity contribution in [1.29, 1.82) is 0 Å². The van der Waals surface area contributed by atoms with Gasteiger partial charge in [0.15, 0.2) is 5.82 Å². The summed E-state index contributed by atoms with van der Waals surface area (Å²) in [7, 11) is 0. The zero-order valence-electron chi connectivity index (χ0n) is 17.6. The molecule has 0 spiro atoms. The third-order valence-corrected chi connectivity index (χ3v) is 5.81.